The normalized spacial score (nSPS) is 10.4. The highest BCUT2D eigenvalue weighted by atomic mass is 16.1. The van der Waals surface area contributed by atoms with Crippen LogP contribution in [0.2, 0.25) is 0 Å². The monoisotopic (exact) mass is 358 g/mol. The molecule has 1 amide bonds. The van der Waals surface area contributed by atoms with E-state index >= 15 is 0 Å². The van der Waals surface area contributed by atoms with Crippen molar-refractivity contribution in [1.29, 1.82) is 0 Å². The molecule has 3 rings (SSSR count). The van der Waals surface area contributed by atoms with Gasteiger partial charge < -0.3 is 10.2 Å². The summed E-state index contributed by atoms with van der Waals surface area (Å²) in [5, 5.41) is 3.02. The lowest BCUT2D eigenvalue weighted by atomic mass is 10.0. The van der Waals surface area contributed by atoms with E-state index in [4.69, 9.17) is 0 Å². The van der Waals surface area contributed by atoms with Gasteiger partial charge in [0.2, 0.25) is 5.91 Å². The Kier molecular flexibility index (Phi) is 6.64. The highest BCUT2D eigenvalue weighted by Gasteiger charge is 2.05. The number of nitrogens with zero attached hydrogens (tertiary/aromatic N) is 1. The molecular weight excluding hydrogens is 332 g/mol. The second kappa shape index (κ2) is 9.58. The van der Waals surface area contributed by atoms with Gasteiger partial charge in [-0.3, -0.25) is 4.79 Å². The molecule has 0 aliphatic heterocycles. The summed E-state index contributed by atoms with van der Waals surface area (Å²) in [6, 6.07) is 28.8. The third kappa shape index (κ3) is 5.71. The highest BCUT2D eigenvalue weighted by molar-refractivity contribution is 5.78. The van der Waals surface area contributed by atoms with Crippen molar-refractivity contribution >= 4 is 11.6 Å². The molecule has 0 unspecified atom stereocenters. The Morgan fingerprint density at radius 2 is 1.41 bits per heavy atom. The van der Waals surface area contributed by atoms with Crippen molar-refractivity contribution in [1.82, 2.24) is 5.32 Å². The van der Waals surface area contributed by atoms with Crippen molar-refractivity contribution in [2.45, 2.75) is 12.8 Å². The third-order valence-electron chi connectivity index (χ3n) is 4.62. The zero-order valence-corrected chi connectivity index (χ0v) is 15.8. The molecule has 0 saturated carbocycles. The van der Waals surface area contributed by atoms with Gasteiger partial charge in [-0.2, -0.15) is 0 Å². The topological polar surface area (TPSA) is 32.3 Å². The largest absolute Gasteiger partial charge is 0.375 e. The van der Waals surface area contributed by atoms with Gasteiger partial charge in [-0.05, 0) is 35.2 Å². The van der Waals surface area contributed by atoms with Gasteiger partial charge >= 0.3 is 0 Å². The van der Waals surface area contributed by atoms with E-state index in [2.05, 4.69) is 53.7 Å². The number of hydrogen-bond donors (Lipinski definition) is 1. The smallest absolute Gasteiger partial charge is 0.224 e. The molecule has 3 heteroatoms. The van der Waals surface area contributed by atoms with Crippen LogP contribution in [0.15, 0.2) is 84.9 Å². The number of para-hydroxylation sites is 1. The number of rotatable bonds is 8. The minimum Gasteiger partial charge on any atom is -0.375 e. The molecule has 0 saturated heterocycles. The lowest BCUT2D eigenvalue weighted by Crippen LogP contribution is -2.29. The van der Waals surface area contributed by atoms with Crippen LogP contribution in [0.25, 0.3) is 11.1 Å². The Morgan fingerprint density at radius 3 is 2.07 bits per heavy atom. The van der Waals surface area contributed by atoms with E-state index in [9.17, 15) is 4.79 Å². The van der Waals surface area contributed by atoms with Crippen molar-refractivity contribution in [3.63, 3.8) is 0 Å². The van der Waals surface area contributed by atoms with E-state index in [1.807, 2.05) is 48.5 Å². The summed E-state index contributed by atoms with van der Waals surface area (Å²) in [5.41, 5.74) is 4.59. The molecule has 0 fully saturated rings. The zero-order chi connectivity index (χ0) is 18.9. The van der Waals surface area contributed by atoms with Crippen molar-refractivity contribution in [3.8, 4) is 11.1 Å². The highest BCUT2D eigenvalue weighted by Crippen LogP contribution is 2.19. The molecule has 0 bridgehead atoms. The fourth-order valence-electron chi connectivity index (χ4n) is 3.05. The summed E-state index contributed by atoms with van der Waals surface area (Å²) < 4.78 is 0. The first-order chi connectivity index (χ1) is 13.2. The van der Waals surface area contributed by atoms with Gasteiger partial charge in [-0.15, -0.1) is 0 Å². The lowest BCUT2D eigenvalue weighted by molar-refractivity contribution is -0.120. The van der Waals surface area contributed by atoms with Crippen LogP contribution < -0.4 is 10.2 Å². The lowest BCUT2D eigenvalue weighted by Gasteiger charge is -2.19. The summed E-state index contributed by atoms with van der Waals surface area (Å²) in [6.45, 7) is 1.61. The number of hydrogen-bond acceptors (Lipinski definition) is 2. The fourth-order valence-corrected chi connectivity index (χ4v) is 3.05. The van der Waals surface area contributed by atoms with Crippen LogP contribution in [0.5, 0.6) is 0 Å². The quantitative estimate of drug-likeness (QED) is 0.600. The maximum atomic E-state index is 12.2. The Hall–Kier alpha value is -3.07. The molecule has 0 radical (unpaired) electrons. The Labute approximate surface area is 161 Å². The van der Waals surface area contributed by atoms with Crippen LogP contribution in [-0.2, 0) is 11.2 Å². The fraction of sp³-hybridized carbons (Fsp3) is 0.208. The van der Waals surface area contributed by atoms with E-state index in [-0.39, 0.29) is 5.91 Å². The van der Waals surface area contributed by atoms with Gasteiger partial charge in [-0.1, -0.05) is 72.8 Å². The van der Waals surface area contributed by atoms with Gasteiger partial charge in [0, 0.05) is 25.8 Å². The second-order valence-electron chi connectivity index (χ2n) is 6.70. The second-order valence-corrected chi connectivity index (χ2v) is 6.70. The van der Waals surface area contributed by atoms with Gasteiger partial charge in [0.05, 0.1) is 6.42 Å². The maximum Gasteiger partial charge on any atom is 0.224 e. The van der Waals surface area contributed by atoms with Gasteiger partial charge in [0.25, 0.3) is 0 Å². The van der Waals surface area contributed by atoms with Crippen LogP contribution >= 0.6 is 0 Å². The molecule has 0 aromatic heterocycles. The third-order valence-corrected chi connectivity index (χ3v) is 4.62. The standard InChI is InChI=1S/C24H26N2O/c1-26(23-11-6-3-7-12-23)18-8-17-25-24(27)19-20-13-15-22(16-14-20)21-9-4-2-5-10-21/h2-7,9-16H,8,17-19H2,1H3,(H,25,27). The minimum absolute atomic E-state index is 0.0739. The molecule has 27 heavy (non-hydrogen) atoms. The molecular formula is C24H26N2O. The van der Waals surface area contributed by atoms with Crippen molar-refractivity contribution in [3.05, 3.63) is 90.5 Å². The van der Waals surface area contributed by atoms with Crippen LogP contribution in [0.4, 0.5) is 5.69 Å². The maximum absolute atomic E-state index is 12.2. The summed E-state index contributed by atoms with van der Waals surface area (Å²) in [4.78, 5) is 14.4. The average molecular weight is 358 g/mol. The summed E-state index contributed by atoms with van der Waals surface area (Å²) in [5.74, 6) is 0.0739. The first-order valence-corrected chi connectivity index (χ1v) is 9.39. The average Bonchev–Trinajstić information content (AvgIpc) is 2.73. The van der Waals surface area contributed by atoms with Crippen molar-refractivity contribution in [2.75, 3.05) is 25.0 Å². The Balaban J connectivity index is 1.40. The molecule has 0 heterocycles. The Bertz CT molecular complexity index is 829. The predicted molar refractivity (Wildman–Crippen MR) is 113 cm³/mol. The number of anilines is 1. The summed E-state index contributed by atoms with van der Waals surface area (Å²) >= 11 is 0. The molecule has 3 nitrogen and oxygen atoms in total. The first kappa shape index (κ1) is 18.7. The SMILES string of the molecule is CN(CCCNC(=O)Cc1ccc(-c2ccccc2)cc1)c1ccccc1. The molecule has 138 valence electrons. The number of carbonyl (C=O) groups is 1. The molecule has 0 spiro atoms. The van der Waals surface area contributed by atoms with Gasteiger partial charge in [-0.25, -0.2) is 0 Å². The van der Waals surface area contributed by atoms with Crippen molar-refractivity contribution in [2.24, 2.45) is 0 Å². The molecule has 0 atom stereocenters. The van der Waals surface area contributed by atoms with E-state index < -0.39 is 0 Å². The van der Waals surface area contributed by atoms with E-state index in [0.717, 1.165) is 18.5 Å². The molecule has 1 N–H and O–H groups in total. The van der Waals surface area contributed by atoms with E-state index in [0.29, 0.717) is 13.0 Å². The van der Waals surface area contributed by atoms with E-state index in [1.165, 1.54) is 16.8 Å². The minimum atomic E-state index is 0.0739. The number of benzene rings is 3. The van der Waals surface area contributed by atoms with Crippen LogP contribution in [-0.4, -0.2) is 26.0 Å². The molecule has 3 aromatic carbocycles. The van der Waals surface area contributed by atoms with Crippen LogP contribution in [0.1, 0.15) is 12.0 Å². The van der Waals surface area contributed by atoms with Crippen LogP contribution in [0.3, 0.4) is 0 Å². The number of carbonyl (C=O) groups excluding carboxylic acids is 1. The molecule has 0 aliphatic carbocycles. The summed E-state index contributed by atoms with van der Waals surface area (Å²) in [6.07, 6.45) is 1.34. The number of nitrogens with one attached hydrogen (secondary N) is 1. The van der Waals surface area contributed by atoms with Crippen molar-refractivity contribution < 1.29 is 4.79 Å². The molecule has 0 aliphatic rings. The van der Waals surface area contributed by atoms with E-state index in [1.54, 1.807) is 0 Å². The van der Waals surface area contributed by atoms with Gasteiger partial charge in [0.15, 0.2) is 0 Å². The van der Waals surface area contributed by atoms with Gasteiger partial charge in [0.1, 0.15) is 0 Å². The summed E-state index contributed by atoms with van der Waals surface area (Å²) in [7, 11) is 2.07. The zero-order valence-electron chi connectivity index (χ0n) is 15.8. The Morgan fingerprint density at radius 1 is 0.815 bits per heavy atom. The predicted octanol–water partition coefficient (Wildman–Crippen LogP) is 4.54. The molecule has 3 aromatic rings. The number of amides is 1. The van der Waals surface area contributed by atoms with Crippen LogP contribution in [0, 0.1) is 0 Å². The first-order valence-electron chi connectivity index (χ1n) is 9.39.